The van der Waals surface area contributed by atoms with Crippen LogP contribution >= 0.6 is 0 Å². The molecule has 0 saturated carbocycles. The van der Waals surface area contributed by atoms with Gasteiger partial charge in [0.2, 0.25) is 16.3 Å². The number of anilines is 5. The lowest BCUT2D eigenvalue weighted by atomic mass is 10.00. The summed E-state index contributed by atoms with van der Waals surface area (Å²) >= 11 is 0. The first-order valence-electron chi connectivity index (χ1n) is 43.3. The minimum Gasteiger partial charge on any atom is -0.488 e. The van der Waals surface area contributed by atoms with E-state index >= 15 is 0 Å². The maximum atomic E-state index is 14.7. The molecule has 0 aliphatic carbocycles. The lowest BCUT2D eigenvalue weighted by Gasteiger charge is -2.29. The zero-order valence-electron chi connectivity index (χ0n) is 74.8. The van der Waals surface area contributed by atoms with Crippen molar-refractivity contribution >= 4 is 78.9 Å². The van der Waals surface area contributed by atoms with Gasteiger partial charge in [-0.25, -0.2) is 60.6 Å². The number of nitrogens with one attached hydrogen (secondary N) is 2. The summed E-state index contributed by atoms with van der Waals surface area (Å²) in [6, 6.07) is 50.7. The zero-order chi connectivity index (χ0) is 95.4. The number of nitrogens with zero attached hydrogens (tertiary/aromatic N) is 12. The highest BCUT2D eigenvalue weighted by Crippen LogP contribution is 2.38. The van der Waals surface area contributed by atoms with Crippen molar-refractivity contribution in [3.05, 3.63) is 352 Å². The molecule has 20 rings (SSSR count). The molecule has 0 amide bonds. The number of hydrogen-bond donors (Lipinski definition) is 5. The van der Waals surface area contributed by atoms with Crippen LogP contribution in [-0.4, -0.2) is 149 Å². The van der Waals surface area contributed by atoms with E-state index in [0.29, 0.717) is 123 Å². The highest BCUT2D eigenvalue weighted by Gasteiger charge is 2.32. The van der Waals surface area contributed by atoms with Gasteiger partial charge in [0.15, 0.2) is 11.6 Å². The monoisotopic (exact) mass is 1840 g/mol. The highest BCUT2D eigenvalue weighted by atomic mass is 19.2. The molecule has 26 nitrogen and oxygen atoms in total. The Hall–Kier alpha value is -15.0. The first-order chi connectivity index (χ1) is 65.2. The molecule has 3 atom stereocenters. The van der Waals surface area contributed by atoms with Gasteiger partial charge in [-0.2, -0.15) is 0 Å². The standard InChI is InChI=1S/C18H20FN5O.C17H12F2O3.C17H18FN5O.2C17H13FO3.C16H17FN4O/c1-23(2)18-16-14(21-11-22-18)10-20-17(16)12-3-4-15(13(19)9-12)24-5-7-25-8-6-24;1-9(20)17-14(10-5-7-11(18)8-6-10)16(21)15-12(19)3-2-4-13(15)22-17;1-19-17-15-13(21-10-22-17)9-20-16(15)11-2-3-14(12(18)8-11)23-4-6-24-7-5-23;2*1-10(19)17-14(11-6-3-2-4-7-11)16(20)15-12(18)8-5-9-13(15)21-17;1-9(2)22-13-5-4-10(6-11(13)17)15-14-12(7-19-15)20-8-21-16(14)18-3/h3-4,9,11H,5-8,10H2,1-2H3;2-9,20H,1H3;2-3,8,10H,4-7,9H2,1H3,(H,19,21,22);2*2-10,19H,1H3;4-6,8-9H,7H2,1-3H3,(H,18,20,21). The second kappa shape index (κ2) is 42.2. The number of hydrogen-bond acceptors (Lipinski definition) is 26. The Kier molecular flexibility index (Phi) is 29.6. The summed E-state index contributed by atoms with van der Waals surface area (Å²) in [4.78, 5) is 83.2. The quantitative estimate of drug-likeness (QED) is 0.0561. The lowest BCUT2D eigenvalue weighted by molar-refractivity contribution is 0.122. The number of ether oxygens (including phenoxy) is 3. The molecule has 0 bridgehead atoms. The van der Waals surface area contributed by atoms with E-state index in [2.05, 4.69) is 55.5 Å². The zero-order valence-corrected chi connectivity index (χ0v) is 74.8. The van der Waals surface area contributed by atoms with E-state index in [9.17, 15) is 60.4 Å². The summed E-state index contributed by atoms with van der Waals surface area (Å²) in [5.41, 5.74) is 11.5. The molecule has 9 aromatic carbocycles. The van der Waals surface area contributed by atoms with Crippen LogP contribution in [0.15, 0.2) is 256 Å². The fourth-order valence-electron chi connectivity index (χ4n) is 16.1. The molecule has 0 radical (unpaired) electrons. The second-order valence-corrected chi connectivity index (χ2v) is 32.0. The van der Waals surface area contributed by atoms with Crippen LogP contribution in [0.1, 0.15) is 121 Å². The molecule has 15 aromatic rings. The Morgan fingerprint density at radius 1 is 0.378 bits per heavy atom. The van der Waals surface area contributed by atoms with Crippen molar-refractivity contribution in [2.45, 2.75) is 78.7 Å². The SMILES string of the molecule is CC(O)c1oc2cccc(F)c2c(=O)c1-c1ccc(F)cc1.CC(O)c1oc2cccc(F)c2c(=O)c1-c1ccccc1.CC(O)c1oc2cccc(F)c2c(=O)c1-c1ccccc1.CN(C)c1ncnc2c1C(c1ccc(N3CCOCC3)c(F)c1)=NC2.CNc1ncnc2c1C(c1ccc(N3CCOCC3)c(F)c1)=NC2.CNc1ncnc2c1C(c1ccc(OC(C)C)c(F)c1)=NC2. The molecular weight excluding hydrogens is 1750 g/mol. The van der Waals surface area contributed by atoms with E-state index < -0.39 is 63.7 Å². The molecule has 0 spiro atoms. The van der Waals surface area contributed by atoms with Crippen LogP contribution in [0.2, 0.25) is 0 Å². The van der Waals surface area contributed by atoms with E-state index in [1.54, 1.807) is 93.2 Å². The molecule has 33 heteroatoms. The van der Waals surface area contributed by atoms with Crippen molar-refractivity contribution in [2.24, 2.45) is 15.0 Å². The van der Waals surface area contributed by atoms with Gasteiger partial charge >= 0.3 is 0 Å². The molecule has 692 valence electrons. The van der Waals surface area contributed by atoms with Crippen molar-refractivity contribution in [3.8, 4) is 39.1 Å². The molecule has 11 heterocycles. The minimum absolute atomic E-state index is 0.0229. The fourth-order valence-corrected chi connectivity index (χ4v) is 16.1. The predicted octanol–water partition coefficient (Wildman–Crippen LogP) is 17.6. The Morgan fingerprint density at radius 3 is 1.07 bits per heavy atom. The number of aliphatic hydroxyl groups excluding tert-OH is 3. The number of fused-ring (bicyclic) bond motifs is 6. The van der Waals surface area contributed by atoms with Crippen LogP contribution in [0.3, 0.4) is 0 Å². The van der Waals surface area contributed by atoms with Crippen LogP contribution in [-0.2, 0) is 29.1 Å². The Morgan fingerprint density at radius 2 is 0.719 bits per heavy atom. The summed E-state index contributed by atoms with van der Waals surface area (Å²) in [5.74, 6) is -0.523. The van der Waals surface area contributed by atoms with Crippen molar-refractivity contribution in [1.82, 2.24) is 29.9 Å². The largest absolute Gasteiger partial charge is 0.488 e. The fraction of sp³-hybridized carbons (Fsp3) is 0.235. The minimum atomic E-state index is -1.07. The third-order valence-electron chi connectivity index (χ3n) is 22.3. The van der Waals surface area contributed by atoms with Crippen LogP contribution in [0.25, 0.3) is 66.3 Å². The molecular formula is C102H93F7N14O12. The highest BCUT2D eigenvalue weighted by molar-refractivity contribution is 6.19. The Labute approximate surface area is 769 Å². The van der Waals surface area contributed by atoms with Gasteiger partial charge in [0.1, 0.15) is 140 Å². The number of aliphatic imine (C=N–C) groups is 3. The average molecular weight is 1840 g/mol. The topological polar surface area (TPSA) is 327 Å². The number of halogens is 7. The van der Waals surface area contributed by atoms with Gasteiger partial charge in [0.05, 0.1) is 131 Å². The maximum Gasteiger partial charge on any atom is 0.203 e. The Bertz CT molecular complexity index is 7030. The molecule has 5 N–H and O–H groups in total. The first-order valence-corrected chi connectivity index (χ1v) is 43.3. The van der Waals surface area contributed by atoms with Gasteiger partial charge in [0, 0.05) is 71.1 Å². The van der Waals surface area contributed by atoms with E-state index in [0.717, 1.165) is 68.2 Å². The van der Waals surface area contributed by atoms with Crippen molar-refractivity contribution < 1.29 is 73.5 Å². The molecule has 5 aliphatic heterocycles. The van der Waals surface area contributed by atoms with Gasteiger partial charge < -0.3 is 68.1 Å². The van der Waals surface area contributed by atoms with Gasteiger partial charge in [-0.1, -0.05) is 103 Å². The van der Waals surface area contributed by atoms with Crippen LogP contribution in [0.5, 0.6) is 5.75 Å². The Balaban J connectivity index is 0.000000123. The lowest BCUT2D eigenvalue weighted by Crippen LogP contribution is -2.36. The second-order valence-electron chi connectivity index (χ2n) is 32.0. The number of aromatic nitrogens is 6. The summed E-state index contributed by atoms with van der Waals surface area (Å²) in [7, 11) is 7.46. The van der Waals surface area contributed by atoms with E-state index in [1.807, 2.05) is 79.0 Å². The van der Waals surface area contributed by atoms with Gasteiger partial charge in [0.25, 0.3) is 0 Å². The molecule has 3 unspecified atom stereocenters. The molecule has 6 aromatic heterocycles. The van der Waals surface area contributed by atoms with Gasteiger partial charge in [-0.15, -0.1) is 0 Å². The van der Waals surface area contributed by atoms with Crippen molar-refractivity contribution in [1.29, 1.82) is 0 Å². The third kappa shape index (κ3) is 20.6. The summed E-state index contributed by atoms with van der Waals surface area (Å²) < 4.78 is 131. The van der Waals surface area contributed by atoms with Crippen LogP contribution in [0.4, 0.5) is 59.6 Å². The van der Waals surface area contributed by atoms with Crippen LogP contribution < -0.4 is 46.4 Å². The van der Waals surface area contributed by atoms with E-state index in [1.165, 1.54) is 112 Å². The summed E-state index contributed by atoms with van der Waals surface area (Å²) in [6.45, 7) is 15.0. The van der Waals surface area contributed by atoms with Crippen molar-refractivity contribution in [3.63, 3.8) is 0 Å². The first kappa shape index (κ1) is 94.6. The number of morpholine rings is 2. The van der Waals surface area contributed by atoms with Gasteiger partial charge in [-0.05, 0) is 142 Å². The molecule has 2 saturated heterocycles. The normalized spacial score (nSPS) is 14.1. The predicted molar refractivity (Wildman–Crippen MR) is 504 cm³/mol. The number of benzene rings is 9. The third-order valence-corrected chi connectivity index (χ3v) is 22.3. The molecule has 135 heavy (non-hydrogen) atoms. The van der Waals surface area contributed by atoms with Gasteiger partial charge in [-0.3, -0.25) is 29.4 Å². The number of rotatable bonds is 16. The van der Waals surface area contributed by atoms with Crippen LogP contribution in [0, 0.1) is 40.7 Å². The smallest absolute Gasteiger partial charge is 0.203 e. The maximum absolute atomic E-state index is 14.7. The number of aliphatic hydroxyl groups is 3. The van der Waals surface area contributed by atoms with Crippen molar-refractivity contribution in [2.75, 3.05) is 106 Å². The summed E-state index contributed by atoms with van der Waals surface area (Å²) in [5, 5.41) is 35.4. The average Bonchev–Trinajstić information content (AvgIpc) is 1.75. The van der Waals surface area contributed by atoms with E-state index in [4.69, 9.17) is 27.5 Å². The molecule has 5 aliphatic rings. The van der Waals surface area contributed by atoms with E-state index in [-0.39, 0.29) is 90.4 Å². The molecule has 2 fully saturated rings. The summed E-state index contributed by atoms with van der Waals surface area (Å²) in [6.07, 6.45) is 1.49.